The minimum atomic E-state index is -0.0752. The highest BCUT2D eigenvalue weighted by molar-refractivity contribution is 6.46. The van der Waals surface area contributed by atoms with Crippen LogP contribution in [0.2, 0.25) is 10.0 Å². The summed E-state index contributed by atoms with van der Waals surface area (Å²) in [4.78, 5) is 15.2. The number of rotatable bonds is 6. The number of Topliss-reactive ketones (excluding diaryl/α,β-unsaturated/α-hetero) is 1. The molecule has 0 unspecified atom stereocenters. The van der Waals surface area contributed by atoms with Crippen LogP contribution in [-0.4, -0.2) is 36.0 Å². The predicted molar refractivity (Wildman–Crippen MR) is 109 cm³/mol. The molecule has 0 aromatic heterocycles. The van der Waals surface area contributed by atoms with Crippen molar-refractivity contribution < 1.29 is 4.79 Å². The number of nitrogens with zero attached hydrogens (tertiary/aromatic N) is 2. The molecule has 0 spiro atoms. The standard InChI is InChI=1S/C20H21Cl2N3O/c21-16-9-10-18(17(22)13-16)23-24-19(14-25-11-5-2-6-12-25)20(26)15-7-3-1-4-8-15/h1,3-4,7-10,13,23H,2,5-6,11-12,14H2/b24-19+. The molecule has 1 heterocycles. The molecule has 1 aliphatic rings. The second-order valence-corrected chi connectivity index (χ2v) is 7.17. The topological polar surface area (TPSA) is 44.7 Å². The largest absolute Gasteiger partial charge is 0.297 e. The lowest BCUT2D eigenvalue weighted by Crippen LogP contribution is -2.37. The number of anilines is 1. The Balaban J connectivity index is 1.82. The third kappa shape index (κ3) is 5.07. The zero-order chi connectivity index (χ0) is 18.4. The van der Waals surface area contributed by atoms with Gasteiger partial charge in [-0.25, -0.2) is 0 Å². The van der Waals surface area contributed by atoms with E-state index in [1.165, 1.54) is 6.42 Å². The van der Waals surface area contributed by atoms with E-state index in [2.05, 4.69) is 15.4 Å². The highest BCUT2D eigenvalue weighted by atomic mass is 35.5. The summed E-state index contributed by atoms with van der Waals surface area (Å²) in [6.07, 6.45) is 3.56. The molecule has 0 atom stereocenters. The Kier molecular flexibility index (Phi) is 6.67. The Bertz CT molecular complexity index is 787. The van der Waals surface area contributed by atoms with Gasteiger partial charge in [0.1, 0.15) is 5.71 Å². The van der Waals surface area contributed by atoms with E-state index in [4.69, 9.17) is 23.2 Å². The number of hydrogen-bond acceptors (Lipinski definition) is 4. The first kappa shape index (κ1) is 18.9. The Hall–Kier alpha value is -1.88. The highest BCUT2D eigenvalue weighted by Crippen LogP contribution is 2.25. The van der Waals surface area contributed by atoms with Gasteiger partial charge in [-0.05, 0) is 44.1 Å². The van der Waals surface area contributed by atoms with Crippen LogP contribution in [-0.2, 0) is 0 Å². The van der Waals surface area contributed by atoms with E-state index in [1.54, 1.807) is 18.2 Å². The first-order valence-corrected chi connectivity index (χ1v) is 9.49. The summed E-state index contributed by atoms with van der Waals surface area (Å²) in [6, 6.07) is 14.3. The van der Waals surface area contributed by atoms with Gasteiger partial charge in [0.05, 0.1) is 10.7 Å². The molecule has 1 aliphatic heterocycles. The van der Waals surface area contributed by atoms with Crippen molar-refractivity contribution in [1.82, 2.24) is 4.90 Å². The molecule has 6 heteroatoms. The van der Waals surface area contributed by atoms with Gasteiger partial charge in [-0.15, -0.1) is 0 Å². The van der Waals surface area contributed by atoms with Gasteiger partial charge in [0.25, 0.3) is 0 Å². The SMILES string of the molecule is O=C(/C(CN1CCCCC1)=N/Nc1ccc(Cl)cc1Cl)c1ccccc1. The van der Waals surface area contributed by atoms with Gasteiger partial charge >= 0.3 is 0 Å². The van der Waals surface area contributed by atoms with Gasteiger partial charge in [0, 0.05) is 17.1 Å². The van der Waals surface area contributed by atoms with Gasteiger partial charge in [-0.1, -0.05) is 60.0 Å². The van der Waals surface area contributed by atoms with Crippen molar-refractivity contribution in [2.75, 3.05) is 25.1 Å². The summed E-state index contributed by atoms with van der Waals surface area (Å²) >= 11 is 12.1. The molecular weight excluding hydrogens is 369 g/mol. The number of piperidine rings is 1. The third-order valence-electron chi connectivity index (χ3n) is 4.36. The molecule has 0 amide bonds. The van der Waals surface area contributed by atoms with Crippen LogP contribution >= 0.6 is 23.2 Å². The molecule has 26 heavy (non-hydrogen) atoms. The van der Waals surface area contributed by atoms with Crippen LogP contribution in [0.3, 0.4) is 0 Å². The predicted octanol–water partition coefficient (Wildman–Crippen LogP) is 5.13. The number of halogens is 2. The number of carbonyl (C=O) groups is 1. The Morgan fingerprint density at radius 2 is 1.77 bits per heavy atom. The number of nitrogens with one attached hydrogen (secondary N) is 1. The minimum Gasteiger partial charge on any atom is -0.297 e. The molecule has 136 valence electrons. The number of hydrazone groups is 1. The Morgan fingerprint density at radius 3 is 2.46 bits per heavy atom. The Labute approximate surface area is 163 Å². The molecule has 3 rings (SSSR count). The van der Waals surface area contributed by atoms with E-state index in [-0.39, 0.29) is 5.78 Å². The number of carbonyl (C=O) groups excluding carboxylic acids is 1. The van der Waals surface area contributed by atoms with Crippen molar-refractivity contribution in [1.29, 1.82) is 0 Å². The van der Waals surface area contributed by atoms with Crippen molar-refractivity contribution in [3.05, 3.63) is 64.1 Å². The maximum absolute atomic E-state index is 12.9. The normalized spacial score (nSPS) is 15.7. The molecule has 2 aromatic rings. The van der Waals surface area contributed by atoms with E-state index >= 15 is 0 Å². The molecular formula is C20H21Cl2N3O. The summed E-state index contributed by atoms with van der Waals surface area (Å²) in [5, 5.41) is 5.42. The van der Waals surface area contributed by atoms with Crippen LogP contribution in [0.15, 0.2) is 53.6 Å². The maximum atomic E-state index is 12.9. The molecule has 1 fully saturated rings. The monoisotopic (exact) mass is 389 g/mol. The van der Waals surface area contributed by atoms with Crippen molar-refractivity contribution in [2.45, 2.75) is 19.3 Å². The third-order valence-corrected chi connectivity index (χ3v) is 4.91. The van der Waals surface area contributed by atoms with Crippen molar-refractivity contribution in [3.63, 3.8) is 0 Å². The molecule has 0 bridgehead atoms. The van der Waals surface area contributed by atoms with Crippen LogP contribution in [0.4, 0.5) is 5.69 Å². The molecule has 4 nitrogen and oxygen atoms in total. The molecule has 0 aliphatic carbocycles. The van der Waals surface area contributed by atoms with Crippen LogP contribution in [0.25, 0.3) is 0 Å². The summed E-state index contributed by atoms with van der Waals surface area (Å²) in [6.45, 7) is 2.50. The highest BCUT2D eigenvalue weighted by Gasteiger charge is 2.19. The zero-order valence-electron chi connectivity index (χ0n) is 14.4. The van der Waals surface area contributed by atoms with Crippen LogP contribution < -0.4 is 5.43 Å². The minimum absolute atomic E-state index is 0.0752. The lowest BCUT2D eigenvalue weighted by Gasteiger charge is -2.26. The second kappa shape index (κ2) is 9.17. The van der Waals surface area contributed by atoms with Crippen molar-refractivity contribution in [2.24, 2.45) is 5.10 Å². The molecule has 2 aromatic carbocycles. The van der Waals surface area contributed by atoms with Gasteiger partial charge in [0.15, 0.2) is 0 Å². The van der Waals surface area contributed by atoms with Crippen LogP contribution in [0.5, 0.6) is 0 Å². The van der Waals surface area contributed by atoms with Crippen molar-refractivity contribution in [3.8, 4) is 0 Å². The summed E-state index contributed by atoms with van der Waals surface area (Å²) in [7, 11) is 0. The van der Waals surface area contributed by atoms with E-state index in [0.717, 1.165) is 25.9 Å². The summed E-state index contributed by atoms with van der Waals surface area (Å²) in [5.74, 6) is -0.0752. The zero-order valence-corrected chi connectivity index (χ0v) is 15.9. The quantitative estimate of drug-likeness (QED) is 0.423. The number of benzene rings is 2. The fourth-order valence-corrected chi connectivity index (χ4v) is 3.40. The lowest BCUT2D eigenvalue weighted by molar-refractivity contribution is 0.105. The number of likely N-dealkylation sites (tertiary alicyclic amines) is 1. The van der Waals surface area contributed by atoms with Crippen molar-refractivity contribution >= 4 is 40.4 Å². The Morgan fingerprint density at radius 1 is 1.04 bits per heavy atom. The van der Waals surface area contributed by atoms with Crippen LogP contribution in [0.1, 0.15) is 29.6 Å². The van der Waals surface area contributed by atoms with E-state index in [1.807, 2.05) is 30.3 Å². The van der Waals surface area contributed by atoms with Gasteiger partial charge in [0.2, 0.25) is 5.78 Å². The van der Waals surface area contributed by atoms with E-state index < -0.39 is 0 Å². The van der Waals surface area contributed by atoms with E-state index in [9.17, 15) is 4.79 Å². The van der Waals surface area contributed by atoms with Gasteiger partial charge < -0.3 is 0 Å². The fourth-order valence-electron chi connectivity index (χ4n) is 2.95. The summed E-state index contributed by atoms with van der Waals surface area (Å²) < 4.78 is 0. The fraction of sp³-hybridized carbons (Fsp3) is 0.300. The van der Waals surface area contributed by atoms with Gasteiger partial charge in [-0.2, -0.15) is 5.10 Å². The molecule has 1 N–H and O–H groups in total. The number of ketones is 1. The summed E-state index contributed by atoms with van der Waals surface area (Å²) in [5.41, 5.74) is 4.66. The smallest absolute Gasteiger partial charge is 0.210 e. The van der Waals surface area contributed by atoms with E-state index in [0.29, 0.717) is 33.6 Å². The lowest BCUT2D eigenvalue weighted by atomic mass is 10.1. The molecule has 0 radical (unpaired) electrons. The number of hydrogen-bond donors (Lipinski definition) is 1. The maximum Gasteiger partial charge on any atom is 0.210 e. The average Bonchev–Trinajstić information content (AvgIpc) is 2.67. The molecule has 0 saturated carbocycles. The average molecular weight is 390 g/mol. The van der Waals surface area contributed by atoms with Gasteiger partial charge in [-0.3, -0.25) is 15.1 Å². The first-order valence-electron chi connectivity index (χ1n) is 8.73. The van der Waals surface area contributed by atoms with Crippen LogP contribution in [0, 0.1) is 0 Å². The molecule has 1 saturated heterocycles. The second-order valence-electron chi connectivity index (χ2n) is 6.33. The first-order chi connectivity index (χ1) is 12.6.